The summed E-state index contributed by atoms with van der Waals surface area (Å²) in [6.45, 7) is 5.73. The fourth-order valence-corrected chi connectivity index (χ4v) is 1.02. The topological polar surface area (TPSA) is 26.0 Å². The highest BCUT2D eigenvalue weighted by molar-refractivity contribution is 5.72. The van der Waals surface area contributed by atoms with E-state index in [0.717, 1.165) is 0 Å². The Morgan fingerprint density at radius 1 is 1.31 bits per heavy atom. The monoisotopic (exact) mass is 181 g/mol. The highest BCUT2D eigenvalue weighted by Gasteiger charge is 2.01. The lowest BCUT2D eigenvalue weighted by atomic mass is 10.3. The van der Waals surface area contributed by atoms with Crippen LogP contribution in [0, 0.1) is 12.7 Å². The second-order valence-corrected chi connectivity index (χ2v) is 2.34. The number of aryl methyl sites for hydroxylation is 1. The second-order valence-electron chi connectivity index (χ2n) is 2.34. The molecule has 1 aromatic carbocycles. The molecule has 0 aliphatic heterocycles. The van der Waals surface area contributed by atoms with Crippen molar-refractivity contribution in [1.82, 2.24) is 4.98 Å². The van der Waals surface area contributed by atoms with Crippen molar-refractivity contribution in [3.63, 3.8) is 0 Å². The van der Waals surface area contributed by atoms with E-state index in [1.54, 1.807) is 13.0 Å². The van der Waals surface area contributed by atoms with Gasteiger partial charge in [0.15, 0.2) is 11.5 Å². The zero-order valence-electron chi connectivity index (χ0n) is 7.97. The van der Waals surface area contributed by atoms with Gasteiger partial charge >= 0.3 is 0 Å². The van der Waals surface area contributed by atoms with Gasteiger partial charge in [-0.15, -0.1) is 0 Å². The molecule has 70 valence electrons. The first-order valence-corrected chi connectivity index (χ1v) is 4.28. The molecular formula is C10H12FNO. The first-order valence-electron chi connectivity index (χ1n) is 4.28. The van der Waals surface area contributed by atoms with E-state index in [-0.39, 0.29) is 5.82 Å². The van der Waals surface area contributed by atoms with Crippen LogP contribution in [-0.4, -0.2) is 4.98 Å². The molecule has 0 unspecified atom stereocenters. The van der Waals surface area contributed by atoms with Crippen molar-refractivity contribution >= 4 is 11.1 Å². The summed E-state index contributed by atoms with van der Waals surface area (Å²) in [6, 6.07) is 4.28. The lowest BCUT2D eigenvalue weighted by Gasteiger charge is -1.84. The zero-order valence-corrected chi connectivity index (χ0v) is 7.97. The fourth-order valence-electron chi connectivity index (χ4n) is 1.02. The number of hydrogen-bond donors (Lipinski definition) is 0. The van der Waals surface area contributed by atoms with E-state index in [1.165, 1.54) is 12.1 Å². The lowest BCUT2D eigenvalue weighted by molar-refractivity contribution is 0.560. The minimum absolute atomic E-state index is 0.286. The van der Waals surface area contributed by atoms with Gasteiger partial charge in [0.05, 0.1) is 0 Å². The fraction of sp³-hybridized carbons (Fsp3) is 0.300. The number of halogens is 1. The minimum atomic E-state index is -0.286. The minimum Gasteiger partial charge on any atom is -0.441 e. The quantitative estimate of drug-likeness (QED) is 0.623. The molecule has 0 amide bonds. The van der Waals surface area contributed by atoms with E-state index in [4.69, 9.17) is 4.42 Å². The molecule has 0 spiro atoms. The van der Waals surface area contributed by atoms with Crippen LogP contribution in [0.25, 0.3) is 11.1 Å². The number of oxazole rings is 1. The molecule has 0 saturated heterocycles. The normalized spacial score (nSPS) is 9.54. The average Bonchev–Trinajstić information content (AvgIpc) is 2.48. The molecule has 2 aromatic rings. The summed E-state index contributed by atoms with van der Waals surface area (Å²) in [4.78, 5) is 3.97. The summed E-state index contributed by atoms with van der Waals surface area (Å²) < 4.78 is 17.7. The molecule has 0 aliphatic rings. The first kappa shape index (κ1) is 9.71. The van der Waals surface area contributed by atoms with Gasteiger partial charge in [-0.3, -0.25) is 0 Å². The number of nitrogens with zero attached hydrogens (tertiary/aromatic N) is 1. The van der Waals surface area contributed by atoms with Gasteiger partial charge in [0.2, 0.25) is 0 Å². The molecule has 1 aromatic heterocycles. The molecule has 3 heteroatoms. The van der Waals surface area contributed by atoms with Crippen molar-refractivity contribution in [2.45, 2.75) is 20.8 Å². The van der Waals surface area contributed by atoms with Crippen molar-refractivity contribution in [3.8, 4) is 0 Å². The van der Waals surface area contributed by atoms with Crippen LogP contribution in [-0.2, 0) is 0 Å². The third-order valence-electron chi connectivity index (χ3n) is 1.46. The summed E-state index contributed by atoms with van der Waals surface area (Å²) in [5.74, 6) is 0.274. The second kappa shape index (κ2) is 4.03. The number of rotatable bonds is 0. The van der Waals surface area contributed by atoms with Crippen molar-refractivity contribution in [3.05, 3.63) is 29.9 Å². The highest BCUT2D eigenvalue weighted by Crippen LogP contribution is 2.15. The smallest absolute Gasteiger partial charge is 0.192 e. The van der Waals surface area contributed by atoms with Gasteiger partial charge in [-0.05, 0) is 12.1 Å². The SMILES string of the molecule is CC.Cc1nc2cc(F)ccc2o1. The molecule has 0 aliphatic carbocycles. The maximum Gasteiger partial charge on any atom is 0.192 e. The third kappa shape index (κ3) is 2.05. The molecule has 2 nitrogen and oxygen atoms in total. The summed E-state index contributed by atoms with van der Waals surface area (Å²) >= 11 is 0. The van der Waals surface area contributed by atoms with E-state index >= 15 is 0 Å². The van der Waals surface area contributed by atoms with Crippen LogP contribution in [0.4, 0.5) is 4.39 Å². The van der Waals surface area contributed by atoms with Gasteiger partial charge in [0, 0.05) is 13.0 Å². The van der Waals surface area contributed by atoms with Gasteiger partial charge < -0.3 is 4.42 Å². The predicted octanol–water partition coefficient (Wildman–Crippen LogP) is 3.30. The molecule has 1 heterocycles. The Bertz CT molecular complexity index is 395. The van der Waals surface area contributed by atoms with E-state index in [9.17, 15) is 4.39 Å². The summed E-state index contributed by atoms with van der Waals surface area (Å²) in [6.07, 6.45) is 0. The Kier molecular flexibility index (Phi) is 3.01. The maximum atomic E-state index is 12.6. The van der Waals surface area contributed by atoms with Crippen LogP contribution in [0.3, 0.4) is 0 Å². The Labute approximate surface area is 76.4 Å². The molecule has 0 atom stereocenters. The predicted molar refractivity (Wildman–Crippen MR) is 50.1 cm³/mol. The number of benzene rings is 1. The molecule has 0 fully saturated rings. The van der Waals surface area contributed by atoms with Crippen LogP contribution in [0.2, 0.25) is 0 Å². The molecule has 2 rings (SSSR count). The van der Waals surface area contributed by atoms with Crippen LogP contribution in [0.5, 0.6) is 0 Å². The van der Waals surface area contributed by atoms with Crippen LogP contribution < -0.4 is 0 Å². The van der Waals surface area contributed by atoms with E-state index in [2.05, 4.69) is 4.98 Å². The van der Waals surface area contributed by atoms with Gasteiger partial charge in [-0.25, -0.2) is 9.37 Å². The largest absolute Gasteiger partial charge is 0.441 e. The average molecular weight is 181 g/mol. The highest BCUT2D eigenvalue weighted by atomic mass is 19.1. The Balaban J connectivity index is 0.000000396. The zero-order chi connectivity index (χ0) is 9.84. The Morgan fingerprint density at radius 2 is 2.00 bits per heavy atom. The van der Waals surface area contributed by atoms with Gasteiger partial charge in [0.25, 0.3) is 0 Å². The van der Waals surface area contributed by atoms with Crippen LogP contribution in [0.15, 0.2) is 22.6 Å². The molecule has 13 heavy (non-hydrogen) atoms. The van der Waals surface area contributed by atoms with Crippen molar-refractivity contribution in [2.24, 2.45) is 0 Å². The van der Waals surface area contributed by atoms with E-state index < -0.39 is 0 Å². The van der Waals surface area contributed by atoms with Crippen LogP contribution >= 0.6 is 0 Å². The van der Waals surface area contributed by atoms with Crippen molar-refractivity contribution in [1.29, 1.82) is 0 Å². The third-order valence-corrected chi connectivity index (χ3v) is 1.46. The van der Waals surface area contributed by atoms with Gasteiger partial charge in [-0.2, -0.15) is 0 Å². The Hall–Kier alpha value is -1.38. The Morgan fingerprint density at radius 3 is 2.69 bits per heavy atom. The van der Waals surface area contributed by atoms with Gasteiger partial charge in [0.1, 0.15) is 11.3 Å². The summed E-state index contributed by atoms with van der Waals surface area (Å²) in [7, 11) is 0. The molecule has 0 bridgehead atoms. The molecule has 0 radical (unpaired) electrons. The maximum absolute atomic E-state index is 12.6. The van der Waals surface area contributed by atoms with Crippen LogP contribution in [0.1, 0.15) is 19.7 Å². The van der Waals surface area contributed by atoms with Crippen molar-refractivity contribution in [2.75, 3.05) is 0 Å². The molecule has 0 N–H and O–H groups in total. The summed E-state index contributed by atoms with van der Waals surface area (Å²) in [5.41, 5.74) is 1.20. The van der Waals surface area contributed by atoms with E-state index in [1.807, 2.05) is 13.8 Å². The van der Waals surface area contributed by atoms with Gasteiger partial charge in [-0.1, -0.05) is 13.8 Å². The summed E-state index contributed by atoms with van der Waals surface area (Å²) in [5, 5.41) is 0. The molecule has 0 saturated carbocycles. The standard InChI is InChI=1S/C8H6FNO.C2H6/c1-5-10-7-4-6(9)2-3-8(7)11-5;1-2/h2-4H,1H3;1-2H3. The lowest BCUT2D eigenvalue weighted by Crippen LogP contribution is -1.72. The number of fused-ring (bicyclic) bond motifs is 1. The van der Waals surface area contributed by atoms with E-state index in [0.29, 0.717) is 17.0 Å². The molecular weight excluding hydrogens is 169 g/mol. The number of hydrogen-bond acceptors (Lipinski definition) is 2. The first-order chi connectivity index (χ1) is 6.25. The number of aromatic nitrogens is 1. The van der Waals surface area contributed by atoms with Crippen molar-refractivity contribution < 1.29 is 8.81 Å².